The summed E-state index contributed by atoms with van der Waals surface area (Å²) >= 11 is 1.86. The summed E-state index contributed by atoms with van der Waals surface area (Å²) in [4.78, 5) is 10.6. The summed E-state index contributed by atoms with van der Waals surface area (Å²) in [5.74, 6) is 0.646. The molecule has 0 N–H and O–H groups in total. The van der Waals surface area contributed by atoms with Crippen LogP contribution in [-0.4, -0.2) is 11.5 Å². The first kappa shape index (κ1) is 36.5. The molecule has 0 radical (unpaired) electrons. The number of thiophene rings is 1. The molecule has 1 unspecified atom stereocenters. The summed E-state index contributed by atoms with van der Waals surface area (Å²) in [7, 11) is 0. The minimum atomic E-state index is -0.0154. The van der Waals surface area contributed by atoms with E-state index in [-0.39, 0.29) is 5.41 Å². The SMILES string of the molecule is C=C(N=C(N=C(C)c1ccc(-c2ccccc2)cc1)c1ccc(-c2cccc3c2sc2ccccc23)cc1)c1cccc2c1-c1ccccc1C2(CC)CCCC. The second kappa shape index (κ2) is 15.4. The van der Waals surface area contributed by atoms with Crippen LogP contribution in [0.4, 0.5) is 0 Å². The van der Waals surface area contributed by atoms with Gasteiger partial charge in [-0.05, 0) is 75.9 Å². The van der Waals surface area contributed by atoms with Crippen LogP contribution in [-0.2, 0) is 5.41 Å². The molecule has 0 bridgehead atoms. The Bertz CT molecular complexity index is 2820. The highest BCUT2D eigenvalue weighted by atomic mass is 32.1. The van der Waals surface area contributed by atoms with Crippen LogP contribution in [0.15, 0.2) is 180 Å². The highest BCUT2D eigenvalue weighted by Gasteiger charge is 2.42. The van der Waals surface area contributed by atoms with Crippen molar-refractivity contribution >= 4 is 48.8 Å². The molecule has 0 aliphatic heterocycles. The van der Waals surface area contributed by atoms with Gasteiger partial charge in [-0.1, -0.05) is 191 Å². The van der Waals surface area contributed by atoms with E-state index in [2.05, 4.69) is 191 Å². The van der Waals surface area contributed by atoms with Gasteiger partial charge in [0.1, 0.15) is 0 Å². The van der Waals surface area contributed by atoms with Crippen LogP contribution in [0, 0.1) is 0 Å². The molecule has 0 saturated heterocycles. The van der Waals surface area contributed by atoms with E-state index in [4.69, 9.17) is 9.98 Å². The normalized spacial score (nSPS) is 15.2. The van der Waals surface area contributed by atoms with Crippen LogP contribution >= 0.6 is 11.3 Å². The van der Waals surface area contributed by atoms with E-state index in [1.165, 1.54) is 77.5 Å². The van der Waals surface area contributed by atoms with Gasteiger partial charge in [0, 0.05) is 42.4 Å². The quantitative estimate of drug-likeness (QED) is 0.0981. The second-order valence-electron chi connectivity index (χ2n) is 15.2. The van der Waals surface area contributed by atoms with Crippen LogP contribution in [0.25, 0.3) is 59.3 Å². The lowest BCUT2D eigenvalue weighted by Crippen LogP contribution is -2.24. The van der Waals surface area contributed by atoms with Crippen LogP contribution < -0.4 is 0 Å². The molecule has 2 nitrogen and oxygen atoms in total. The Labute approximate surface area is 340 Å². The first-order chi connectivity index (χ1) is 28.0. The predicted octanol–water partition coefficient (Wildman–Crippen LogP) is 15.2. The molecule has 7 aromatic carbocycles. The maximum absolute atomic E-state index is 5.35. The van der Waals surface area contributed by atoms with Crippen molar-refractivity contribution in [2.45, 2.75) is 51.9 Å². The Morgan fingerprint density at radius 1 is 0.579 bits per heavy atom. The number of rotatable bonds is 10. The van der Waals surface area contributed by atoms with Gasteiger partial charge in [-0.25, -0.2) is 9.98 Å². The third-order valence-electron chi connectivity index (χ3n) is 11.9. The topological polar surface area (TPSA) is 24.7 Å². The van der Waals surface area contributed by atoms with Crippen molar-refractivity contribution in [1.82, 2.24) is 0 Å². The molecule has 3 heteroatoms. The number of hydrogen-bond donors (Lipinski definition) is 0. The van der Waals surface area contributed by atoms with Crippen molar-refractivity contribution in [3.8, 4) is 33.4 Å². The zero-order valence-electron chi connectivity index (χ0n) is 32.9. The Morgan fingerprint density at radius 3 is 2.00 bits per heavy atom. The van der Waals surface area contributed by atoms with Crippen LogP contribution in [0.2, 0.25) is 0 Å². The molecule has 1 aromatic heterocycles. The first-order valence-corrected chi connectivity index (χ1v) is 21.0. The van der Waals surface area contributed by atoms with Crippen molar-refractivity contribution in [2.75, 3.05) is 0 Å². The molecule has 0 spiro atoms. The number of nitrogens with zero attached hydrogens (tertiary/aromatic N) is 2. The summed E-state index contributed by atoms with van der Waals surface area (Å²) in [5.41, 5.74) is 14.8. The first-order valence-electron chi connectivity index (χ1n) is 20.2. The Morgan fingerprint density at radius 2 is 1.21 bits per heavy atom. The molecule has 0 fully saturated rings. The molecule has 0 saturated carbocycles. The van der Waals surface area contributed by atoms with Gasteiger partial charge in [0.25, 0.3) is 0 Å². The summed E-state index contributed by atoms with van der Waals surface area (Å²) < 4.78 is 2.62. The molecule has 57 heavy (non-hydrogen) atoms. The lowest BCUT2D eigenvalue weighted by molar-refractivity contribution is 0.447. The Kier molecular flexibility index (Phi) is 9.86. The molecule has 9 rings (SSSR count). The monoisotopic (exact) mass is 754 g/mol. The third-order valence-corrected chi connectivity index (χ3v) is 13.2. The van der Waals surface area contributed by atoms with Gasteiger partial charge in [0.15, 0.2) is 5.84 Å². The fourth-order valence-corrected chi connectivity index (χ4v) is 10.2. The highest BCUT2D eigenvalue weighted by Crippen LogP contribution is 2.55. The minimum Gasteiger partial charge on any atom is -0.233 e. The van der Waals surface area contributed by atoms with Crippen molar-refractivity contribution in [1.29, 1.82) is 0 Å². The molecular formula is C54H46N2S. The predicted molar refractivity (Wildman–Crippen MR) is 247 cm³/mol. The maximum atomic E-state index is 5.35. The fourth-order valence-electron chi connectivity index (χ4n) is 8.92. The summed E-state index contributed by atoms with van der Waals surface area (Å²) in [6, 6.07) is 59.0. The molecule has 278 valence electrons. The second-order valence-corrected chi connectivity index (χ2v) is 16.2. The Hall–Kier alpha value is -6.16. The fraction of sp³-hybridized carbons (Fsp3) is 0.148. The molecule has 8 aromatic rings. The molecule has 1 aliphatic rings. The smallest absolute Gasteiger partial charge is 0.160 e. The van der Waals surface area contributed by atoms with Gasteiger partial charge in [-0.15, -0.1) is 11.3 Å². The van der Waals surface area contributed by atoms with Crippen molar-refractivity contribution < 1.29 is 0 Å². The molecule has 1 atom stereocenters. The van der Waals surface area contributed by atoms with Gasteiger partial charge >= 0.3 is 0 Å². The van der Waals surface area contributed by atoms with Gasteiger partial charge in [0.05, 0.1) is 5.70 Å². The average molecular weight is 755 g/mol. The van der Waals surface area contributed by atoms with Crippen LogP contribution in [0.1, 0.15) is 74.3 Å². The van der Waals surface area contributed by atoms with Crippen molar-refractivity contribution in [3.63, 3.8) is 0 Å². The molecule has 1 heterocycles. The number of aliphatic imine (C=N–C) groups is 2. The largest absolute Gasteiger partial charge is 0.233 e. The zero-order valence-corrected chi connectivity index (χ0v) is 33.7. The number of hydrogen-bond acceptors (Lipinski definition) is 2. The maximum Gasteiger partial charge on any atom is 0.160 e. The van der Waals surface area contributed by atoms with E-state index in [1.807, 2.05) is 11.3 Å². The van der Waals surface area contributed by atoms with E-state index in [0.29, 0.717) is 11.5 Å². The summed E-state index contributed by atoms with van der Waals surface area (Å²) in [6.45, 7) is 11.4. The number of unbranched alkanes of at least 4 members (excludes halogenated alkanes) is 1. The Balaban J connectivity index is 1.14. The van der Waals surface area contributed by atoms with E-state index in [9.17, 15) is 0 Å². The van der Waals surface area contributed by atoms with Gasteiger partial charge < -0.3 is 0 Å². The number of benzene rings is 7. The summed E-state index contributed by atoms with van der Waals surface area (Å²) in [5, 5.41) is 2.61. The molecular weight excluding hydrogens is 709 g/mol. The van der Waals surface area contributed by atoms with Crippen molar-refractivity contribution in [2.24, 2.45) is 9.98 Å². The van der Waals surface area contributed by atoms with Crippen LogP contribution in [0.3, 0.4) is 0 Å². The highest BCUT2D eigenvalue weighted by molar-refractivity contribution is 7.26. The standard InChI is InChI=1S/C54H46N2S/c1-5-7-35-54(6-2)48-24-13-11-20-47(48)51-43(21-16-25-49(51)54)37(4)56-53(55-36(3)38-27-29-40(30-28-38)39-17-9-8-10-18-39)42-33-31-41(32-34-42)44-22-15-23-46-45-19-12-14-26-50(45)57-52(44)46/h8-34H,4-7,35H2,1-3H3. The minimum absolute atomic E-state index is 0.0154. The number of fused-ring (bicyclic) bond motifs is 6. The van der Waals surface area contributed by atoms with E-state index >= 15 is 0 Å². The molecule has 1 aliphatic carbocycles. The van der Waals surface area contributed by atoms with Gasteiger partial charge in [-0.2, -0.15) is 0 Å². The number of amidine groups is 1. The van der Waals surface area contributed by atoms with Crippen LogP contribution in [0.5, 0.6) is 0 Å². The van der Waals surface area contributed by atoms with Gasteiger partial charge in [0.2, 0.25) is 0 Å². The van der Waals surface area contributed by atoms with Gasteiger partial charge in [-0.3, -0.25) is 0 Å². The molecule has 0 amide bonds. The summed E-state index contributed by atoms with van der Waals surface area (Å²) in [6.07, 6.45) is 4.53. The lowest BCUT2D eigenvalue weighted by Gasteiger charge is -2.31. The zero-order chi connectivity index (χ0) is 38.9. The van der Waals surface area contributed by atoms with E-state index < -0.39 is 0 Å². The lowest BCUT2D eigenvalue weighted by atomic mass is 9.72. The third kappa shape index (κ3) is 6.56. The van der Waals surface area contributed by atoms with E-state index in [1.54, 1.807) is 0 Å². The van der Waals surface area contributed by atoms with E-state index in [0.717, 1.165) is 35.2 Å². The average Bonchev–Trinajstić information content (AvgIpc) is 3.79. The van der Waals surface area contributed by atoms with Crippen molar-refractivity contribution in [3.05, 3.63) is 198 Å².